The minimum atomic E-state index is -3.52. The average Bonchev–Trinajstić information content (AvgIpc) is 3.28. The van der Waals surface area contributed by atoms with Gasteiger partial charge < -0.3 is 4.90 Å². The number of aromatic nitrogens is 3. The van der Waals surface area contributed by atoms with Crippen LogP contribution >= 0.6 is 11.3 Å². The molecule has 4 heterocycles. The number of rotatable bonds is 5. The number of thiophene rings is 1. The van der Waals surface area contributed by atoms with Gasteiger partial charge in [0.25, 0.3) is 0 Å². The number of carbonyl (C=O) groups is 1. The number of piperazine rings is 1. The van der Waals surface area contributed by atoms with E-state index in [-0.39, 0.29) is 5.91 Å². The van der Waals surface area contributed by atoms with Crippen LogP contribution in [0, 0.1) is 34.6 Å². The molecule has 1 fully saturated rings. The highest BCUT2D eigenvalue weighted by Gasteiger charge is 2.31. The van der Waals surface area contributed by atoms with Gasteiger partial charge in [0.2, 0.25) is 15.9 Å². The Labute approximate surface area is 192 Å². The maximum atomic E-state index is 13.0. The van der Waals surface area contributed by atoms with E-state index in [4.69, 9.17) is 0 Å². The van der Waals surface area contributed by atoms with Crippen molar-refractivity contribution in [2.45, 2.75) is 52.4 Å². The lowest BCUT2D eigenvalue weighted by molar-refractivity contribution is -0.132. The Kier molecular flexibility index (Phi) is 6.12. The van der Waals surface area contributed by atoms with Crippen LogP contribution in [0.25, 0.3) is 5.65 Å². The molecule has 3 aromatic rings. The fourth-order valence-corrected chi connectivity index (χ4v) is 7.32. The predicted molar refractivity (Wildman–Crippen MR) is 125 cm³/mol. The Bertz CT molecular complexity index is 1280. The first kappa shape index (κ1) is 22.9. The Morgan fingerprint density at radius 2 is 1.75 bits per heavy atom. The second-order valence-electron chi connectivity index (χ2n) is 8.38. The molecule has 4 rings (SSSR count). The number of aryl methyl sites for hydroxylation is 5. The summed E-state index contributed by atoms with van der Waals surface area (Å²) in [5.41, 5.74) is 4.69. The summed E-state index contributed by atoms with van der Waals surface area (Å²) >= 11 is 1.49. The molecule has 0 bridgehead atoms. The molecule has 32 heavy (non-hydrogen) atoms. The van der Waals surface area contributed by atoms with Gasteiger partial charge in [-0.15, -0.1) is 11.3 Å². The number of hydrogen-bond acceptors (Lipinski definition) is 6. The Balaban J connectivity index is 1.39. The van der Waals surface area contributed by atoms with E-state index in [0.29, 0.717) is 43.9 Å². The molecule has 0 N–H and O–H groups in total. The van der Waals surface area contributed by atoms with E-state index in [0.717, 1.165) is 38.0 Å². The van der Waals surface area contributed by atoms with E-state index in [9.17, 15) is 13.2 Å². The molecule has 3 aromatic heterocycles. The van der Waals surface area contributed by atoms with Crippen molar-refractivity contribution in [1.29, 1.82) is 0 Å². The van der Waals surface area contributed by atoms with E-state index in [2.05, 4.69) is 10.1 Å². The van der Waals surface area contributed by atoms with Gasteiger partial charge in [-0.1, -0.05) is 0 Å². The average molecular weight is 476 g/mol. The topological polar surface area (TPSA) is 87.9 Å². The summed E-state index contributed by atoms with van der Waals surface area (Å²) in [6.07, 6.45) is 0.953. The molecular weight excluding hydrogens is 446 g/mol. The summed E-state index contributed by atoms with van der Waals surface area (Å²) in [6.45, 7) is 11.1. The number of sulfonamides is 1. The minimum absolute atomic E-state index is 0.0418. The molecule has 10 heteroatoms. The van der Waals surface area contributed by atoms with E-state index >= 15 is 0 Å². The normalized spacial score (nSPS) is 15.6. The molecule has 8 nitrogen and oxygen atoms in total. The Morgan fingerprint density at radius 1 is 1.06 bits per heavy atom. The molecule has 172 valence electrons. The summed E-state index contributed by atoms with van der Waals surface area (Å²) in [4.78, 5) is 21.4. The van der Waals surface area contributed by atoms with Crippen LogP contribution in [-0.2, 0) is 21.2 Å². The zero-order chi connectivity index (χ0) is 23.2. The van der Waals surface area contributed by atoms with E-state index < -0.39 is 10.0 Å². The molecule has 0 radical (unpaired) electrons. The summed E-state index contributed by atoms with van der Waals surface area (Å²) in [5.74, 6) is 0.0418. The first-order valence-corrected chi connectivity index (χ1v) is 13.0. The molecule has 1 saturated heterocycles. The molecule has 1 aliphatic heterocycles. The fourth-order valence-electron chi connectivity index (χ4n) is 4.37. The molecule has 0 aromatic carbocycles. The minimum Gasteiger partial charge on any atom is -0.340 e. The molecule has 0 spiro atoms. The fraction of sp³-hybridized carbons (Fsp3) is 0.500. The van der Waals surface area contributed by atoms with Crippen molar-refractivity contribution < 1.29 is 13.2 Å². The number of fused-ring (bicyclic) bond motifs is 1. The van der Waals surface area contributed by atoms with Crippen LogP contribution in [0.1, 0.15) is 38.8 Å². The van der Waals surface area contributed by atoms with Crippen LogP contribution in [0.5, 0.6) is 0 Å². The second kappa shape index (κ2) is 8.57. The molecule has 1 aliphatic rings. The number of hydrogen-bond donors (Lipinski definition) is 0. The van der Waals surface area contributed by atoms with Gasteiger partial charge >= 0.3 is 0 Å². The van der Waals surface area contributed by atoms with Crippen LogP contribution in [0.15, 0.2) is 17.0 Å². The van der Waals surface area contributed by atoms with Gasteiger partial charge in [-0.05, 0) is 52.7 Å². The van der Waals surface area contributed by atoms with Crippen LogP contribution < -0.4 is 0 Å². The molecule has 0 atom stereocenters. The quantitative estimate of drug-likeness (QED) is 0.566. The van der Waals surface area contributed by atoms with Crippen LogP contribution in [-0.4, -0.2) is 64.3 Å². The predicted octanol–water partition coefficient (Wildman–Crippen LogP) is 2.80. The van der Waals surface area contributed by atoms with Crippen molar-refractivity contribution in [3.05, 3.63) is 44.5 Å². The number of carbonyl (C=O) groups excluding carboxylic acids is 1. The first-order chi connectivity index (χ1) is 15.1. The van der Waals surface area contributed by atoms with Gasteiger partial charge in [0.1, 0.15) is 0 Å². The van der Waals surface area contributed by atoms with Gasteiger partial charge in [0.05, 0.1) is 10.6 Å². The van der Waals surface area contributed by atoms with Crippen LogP contribution in [0.3, 0.4) is 0 Å². The molecular formula is C22H29N5O3S2. The smallest absolute Gasteiger partial charge is 0.244 e. The SMILES string of the molecule is Cc1cc2nc(C)c(CCC(=O)N3CCN(S(=O)(=O)c4cc(C)sc4C)CC3)c(C)n2n1. The lowest BCUT2D eigenvalue weighted by Gasteiger charge is -2.34. The highest BCUT2D eigenvalue weighted by molar-refractivity contribution is 7.89. The maximum Gasteiger partial charge on any atom is 0.244 e. The monoisotopic (exact) mass is 475 g/mol. The maximum absolute atomic E-state index is 13.0. The second-order valence-corrected chi connectivity index (χ2v) is 11.7. The van der Waals surface area contributed by atoms with E-state index in [1.807, 2.05) is 45.2 Å². The third-order valence-corrected chi connectivity index (χ3v) is 9.20. The van der Waals surface area contributed by atoms with Gasteiger partial charge in [-0.25, -0.2) is 17.9 Å². The van der Waals surface area contributed by atoms with Crippen molar-refractivity contribution in [3.63, 3.8) is 0 Å². The largest absolute Gasteiger partial charge is 0.340 e. The Morgan fingerprint density at radius 3 is 2.38 bits per heavy atom. The zero-order valence-corrected chi connectivity index (χ0v) is 20.8. The van der Waals surface area contributed by atoms with Gasteiger partial charge in [-0.2, -0.15) is 9.40 Å². The third kappa shape index (κ3) is 4.18. The van der Waals surface area contributed by atoms with Gasteiger partial charge in [0, 0.05) is 59.8 Å². The highest BCUT2D eigenvalue weighted by atomic mass is 32.2. The van der Waals surface area contributed by atoms with Crippen molar-refractivity contribution in [2.75, 3.05) is 26.2 Å². The van der Waals surface area contributed by atoms with Crippen molar-refractivity contribution in [3.8, 4) is 0 Å². The molecule has 1 amide bonds. The summed E-state index contributed by atoms with van der Waals surface area (Å²) in [5, 5.41) is 4.49. The highest BCUT2D eigenvalue weighted by Crippen LogP contribution is 2.28. The molecule has 0 saturated carbocycles. The van der Waals surface area contributed by atoms with Gasteiger partial charge in [-0.3, -0.25) is 4.79 Å². The first-order valence-electron chi connectivity index (χ1n) is 10.8. The van der Waals surface area contributed by atoms with Crippen LogP contribution in [0.4, 0.5) is 0 Å². The van der Waals surface area contributed by atoms with Gasteiger partial charge in [0.15, 0.2) is 5.65 Å². The molecule has 0 aliphatic carbocycles. The summed E-state index contributed by atoms with van der Waals surface area (Å²) in [6, 6.07) is 3.69. The lowest BCUT2D eigenvalue weighted by atomic mass is 10.1. The standard InChI is InChI=1S/C22H29N5O3S2/c1-14-12-21-23-16(3)19(17(4)27(21)24-14)6-7-22(28)25-8-10-26(11-9-25)32(29,30)20-13-15(2)31-18(20)5/h12-13H,6-11H2,1-5H3. The van der Waals surface area contributed by atoms with E-state index in [1.54, 1.807) is 11.0 Å². The summed E-state index contributed by atoms with van der Waals surface area (Å²) in [7, 11) is -3.52. The Hall–Kier alpha value is -2.30. The zero-order valence-electron chi connectivity index (χ0n) is 19.2. The van der Waals surface area contributed by atoms with Crippen molar-refractivity contribution in [1.82, 2.24) is 23.8 Å². The van der Waals surface area contributed by atoms with E-state index in [1.165, 1.54) is 15.6 Å². The van der Waals surface area contributed by atoms with Crippen LogP contribution in [0.2, 0.25) is 0 Å². The lowest BCUT2D eigenvalue weighted by Crippen LogP contribution is -2.50. The number of amides is 1. The third-order valence-electron chi connectivity index (χ3n) is 6.08. The summed E-state index contributed by atoms with van der Waals surface area (Å²) < 4.78 is 29.3. The molecule has 0 unspecified atom stereocenters. The van der Waals surface area contributed by atoms with Crippen molar-refractivity contribution >= 4 is 32.9 Å². The van der Waals surface area contributed by atoms with Crippen molar-refractivity contribution in [2.24, 2.45) is 0 Å². The number of nitrogens with zero attached hydrogens (tertiary/aromatic N) is 5.